The number of rotatable bonds is 0. The van der Waals surface area contributed by atoms with Gasteiger partial charge in [-0.25, -0.2) is 0 Å². The Kier molecular flexibility index (Phi) is 64.1. The van der Waals surface area contributed by atoms with E-state index in [1.165, 1.54) is 19.1 Å². The summed E-state index contributed by atoms with van der Waals surface area (Å²) in [5.41, 5.74) is 0. The van der Waals surface area contributed by atoms with Crippen molar-refractivity contribution in [1.82, 2.24) is 0 Å². The zero-order chi connectivity index (χ0) is 2.00. The predicted octanol–water partition coefficient (Wildman–Crippen LogP) is -2.75. The Morgan fingerprint density at radius 1 is 1.25 bits per heavy atom. The summed E-state index contributed by atoms with van der Waals surface area (Å²) in [4.78, 5) is 0. The molecule has 0 saturated heterocycles. The van der Waals surface area contributed by atoms with E-state index >= 15 is 0 Å². The minimum atomic E-state index is 0. The maximum atomic E-state index is 1.88. The van der Waals surface area contributed by atoms with Crippen LogP contribution < -0.4 is 0 Å². The molecule has 0 fully saturated rings. The van der Waals surface area contributed by atoms with Crippen LogP contribution in [0, 0.1) is 0 Å². The molecule has 0 aliphatic rings. The molecule has 0 unspecified atom stereocenters. The fourth-order valence-electron chi connectivity index (χ4n) is 0. The molecule has 0 nitrogen and oxygen atoms in total. The van der Waals surface area contributed by atoms with E-state index < -0.39 is 0 Å². The molecule has 1 radical (unpaired) electrons. The molecule has 0 N–H and O–H groups in total. The van der Waals surface area contributed by atoms with Crippen LogP contribution in [0.2, 0.25) is 0 Å². The van der Waals surface area contributed by atoms with Gasteiger partial charge in [0.05, 0.1) is 0 Å². The van der Waals surface area contributed by atoms with Crippen LogP contribution in [0.25, 0.3) is 0 Å². The van der Waals surface area contributed by atoms with Crippen LogP contribution >= 0.6 is 0 Å². The van der Waals surface area contributed by atoms with Crippen LogP contribution in [-0.2, 0) is 22.4 Å². The van der Waals surface area contributed by atoms with E-state index in [-0.39, 0.29) is 48.2 Å². The van der Waals surface area contributed by atoms with Crippen molar-refractivity contribution < 1.29 is 22.4 Å². The first kappa shape index (κ1) is 15.7. The Balaban J connectivity index is -0.00000000500. The minimum absolute atomic E-state index is 0. The molecular formula is H6AgInSbTe. The predicted molar refractivity (Wildman–Crippen MR) is 25.6 cm³/mol. The van der Waals surface area contributed by atoms with Gasteiger partial charge in [-0.05, 0) is 0 Å². The summed E-state index contributed by atoms with van der Waals surface area (Å²) in [5.74, 6) is 0. The zero-order valence-electron chi connectivity index (χ0n) is 1.33. The monoisotopic (exact) mass is 479 g/mol. The van der Waals surface area contributed by atoms with Gasteiger partial charge in [-0.2, -0.15) is 0 Å². The van der Waals surface area contributed by atoms with Gasteiger partial charge in [0.15, 0.2) is 0 Å². The van der Waals surface area contributed by atoms with Crippen molar-refractivity contribution in [2.45, 2.75) is 0 Å². The Labute approximate surface area is 83.6 Å². The van der Waals surface area contributed by atoms with E-state index in [4.69, 9.17) is 0 Å². The van der Waals surface area contributed by atoms with Gasteiger partial charge in [0.1, 0.15) is 0 Å². The summed E-state index contributed by atoms with van der Waals surface area (Å²) in [6.45, 7) is 0. The van der Waals surface area contributed by atoms with E-state index in [1.54, 1.807) is 0 Å². The van der Waals surface area contributed by atoms with E-state index in [0.717, 1.165) is 0 Å². The number of hydrogen-bond acceptors (Lipinski definition) is 0. The van der Waals surface area contributed by atoms with E-state index in [0.29, 0.717) is 0 Å². The van der Waals surface area contributed by atoms with Crippen LogP contribution in [0.1, 0.15) is 0 Å². The van der Waals surface area contributed by atoms with Crippen LogP contribution in [0.5, 0.6) is 0 Å². The molecule has 0 heterocycles. The first-order valence-corrected chi connectivity index (χ1v) is 11.6. The molecular weight excluding hydrogens is 472 g/mol. The molecule has 4 heavy (non-hydrogen) atoms. The molecule has 0 bridgehead atoms. The van der Waals surface area contributed by atoms with Crippen molar-refractivity contribution >= 4 is 63.2 Å². The quantitative estimate of drug-likeness (QED) is 0.332. The normalized spacial score (nSPS) is 1.50. The van der Waals surface area contributed by atoms with Crippen molar-refractivity contribution in [2.75, 3.05) is 0 Å². The molecule has 0 aromatic heterocycles. The van der Waals surface area contributed by atoms with E-state index in [2.05, 4.69) is 0 Å². The van der Waals surface area contributed by atoms with E-state index in [1.807, 2.05) is 18.2 Å². The summed E-state index contributed by atoms with van der Waals surface area (Å²) in [6.07, 6.45) is 0. The third kappa shape index (κ3) is 8.96. The van der Waals surface area contributed by atoms with Gasteiger partial charge in [0, 0.05) is 22.4 Å². The molecule has 0 rings (SSSR count). The van der Waals surface area contributed by atoms with Crippen LogP contribution in [-0.4, -0.2) is 63.2 Å². The molecule has 0 saturated carbocycles. The van der Waals surface area contributed by atoms with Gasteiger partial charge in [-0.3, -0.25) is 0 Å². The van der Waals surface area contributed by atoms with Gasteiger partial charge >= 0.3 is 63.2 Å². The van der Waals surface area contributed by atoms with Crippen LogP contribution in [0.15, 0.2) is 0 Å². The average molecular weight is 478 g/mol. The third-order valence-electron chi connectivity index (χ3n) is 0. The summed E-state index contributed by atoms with van der Waals surface area (Å²) in [6, 6.07) is 0. The molecule has 0 aromatic carbocycles. The summed E-state index contributed by atoms with van der Waals surface area (Å²) < 4.78 is 0. The van der Waals surface area contributed by atoms with Gasteiger partial charge in [-0.15, -0.1) is 0 Å². The summed E-state index contributed by atoms with van der Waals surface area (Å²) >= 11 is 3.28. The fraction of sp³-hybridized carbons (Fsp3) is 0. The molecule has 0 aliphatic carbocycles. The van der Waals surface area contributed by atoms with E-state index in [9.17, 15) is 0 Å². The van der Waals surface area contributed by atoms with Gasteiger partial charge in [0.2, 0.25) is 0 Å². The standard InChI is InChI=1S/Ag.In.Sb.H2Te.5H/h;;;1H2;;;;;/q;;+1;;;;;;/p-1. The van der Waals surface area contributed by atoms with Gasteiger partial charge in [0.25, 0.3) is 0 Å². The first-order valence-electron chi connectivity index (χ1n) is 0.258. The average Bonchev–Trinajstić information content (AvgIpc) is 1.00. The van der Waals surface area contributed by atoms with Crippen molar-refractivity contribution in [1.29, 1.82) is 0 Å². The van der Waals surface area contributed by atoms with Crippen molar-refractivity contribution in [3.8, 4) is 0 Å². The van der Waals surface area contributed by atoms with Gasteiger partial charge in [-0.1, -0.05) is 0 Å². The number of hydrogen-bond donors (Lipinski definition) is 0. The Bertz CT molecular complexity index is 8.00. The summed E-state index contributed by atoms with van der Waals surface area (Å²) in [7, 11) is 0. The second-order valence-electron chi connectivity index (χ2n) is 0. The molecule has 4 heteroatoms. The molecule has 0 atom stereocenters. The Morgan fingerprint density at radius 3 is 1.25 bits per heavy atom. The molecule has 0 amide bonds. The zero-order valence-corrected chi connectivity index (χ0v) is 8.66. The molecule has 0 aliphatic heterocycles. The SMILES string of the molecule is [Ag].[InH3].[SbH2][TeH]. The fourth-order valence-corrected chi connectivity index (χ4v) is 0. The molecule has 0 aromatic rings. The van der Waals surface area contributed by atoms with Crippen molar-refractivity contribution in [3.05, 3.63) is 0 Å². The topological polar surface area (TPSA) is 0 Å². The second-order valence-corrected chi connectivity index (χ2v) is 0. The molecule has 0 spiro atoms. The van der Waals surface area contributed by atoms with Crippen LogP contribution in [0.4, 0.5) is 0 Å². The second kappa shape index (κ2) is 16.3. The van der Waals surface area contributed by atoms with Crippen LogP contribution in [0.3, 0.4) is 0 Å². The Hall–Kier alpha value is 3.22. The Morgan fingerprint density at radius 2 is 1.25 bits per heavy atom. The maximum absolute atomic E-state index is 1.88. The molecule has 31 valence electrons. The third-order valence-corrected chi connectivity index (χ3v) is 0. The van der Waals surface area contributed by atoms with Gasteiger partial charge < -0.3 is 0 Å². The first-order chi connectivity index (χ1) is 1.00. The van der Waals surface area contributed by atoms with Crippen molar-refractivity contribution in [3.63, 3.8) is 0 Å². The summed E-state index contributed by atoms with van der Waals surface area (Å²) in [5, 5.41) is 0. The van der Waals surface area contributed by atoms with Crippen molar-refractivity contribution in [2.24, 2.45) is 0 Å².